The van der Waals surface area contributed by atoms with Crippen LogP contribution in [0, 0.1) is 41.5 Å². The molecule has 478 valence electrons. The monoisotopic (exact) mass is 1300 g/mol. The molecule has 8 heterocycles. The summed E-state index contributed by atoms with van der Waals surface area (Å²) in [6.45, 7) is 40.7. The van der Waals surface area contributed by atoms with Crippen molar-refractivity contribution in [3.8, 4) is 34.5 Å². The topological polar surface area (TPSA) is 37.4 Å². The Bertz CT molecular complexity index is 5460. The molecule has 97 heavy (non-hydrogen) atoms. The normalized spacial score (nSPS) is 14.6. The molecule has 0 radical (unpaired) electrons. The third-order valence-electron chi connectivity index (χ3n) is 21.8. The predicted molar refractivity (Wildman–Crippen MR) is 418 cm³/mol. The van der Waals surface area contributed by atoms with E-state index in [-0.39, 0.29) is 41.8 Å². The van der Waals surface area contributed by atoms with Gasteiger partial charge in [-0.3, -0.25) is 0 Å². The second kappa shape index (κ2) is 20.4. The van der Waals surface area contributed by atoms with Crippen LogP contribution in [0.1, 0.15) is 139 Å². The zero-order chi connectivity index (χ0) is 67.3. The summed E-state index contributed by atoms with van der Waals surface area (Å²) in [6.07, 6.45) is 0. The Labute approximate surface area is 581 Å². The summed E-state index contributed by atoms with van der Waals surface area (Å²) in [5, 5.41) is 2.46. The van der Waals surface area contributed by atoms with Gasteiger partial charge in [-0.1, -0.05) is 149 Å². The van der Waals surface area contributed by atoms with Gasteiger partial charge in [-0.15, -0.1) is 22.7 Å². The van der Waals surface area contributed by atoms with Gasteiger partial charge in [0, 0.05) is 87.1 Å². The highest BCUT2D eigenvalue weighted by molar-refractivity contribution is 7.34. The smallest absolute Gasteiger partial charge is 0.268 e. The number of ether oxygens (including phenoxy) is 3. The van der Waals surface area contributed by atoms with Gasteiger partial charge < -0.3 is 28.9 Å². The molecule has 0 saturated heterocycles. The molecule has 11 heteroatoms. The highest BCUT2D eigenvalue weighted by Crippen LogP contribution is 2.53. The Kier molecular flexibility index (Phi) is 12.7. The first-order valence-corrected chi connectivity index (χ1v) is 36.3. The molecule has 6 aliphatic rings. The molecule has 0 saturated carbocycles. The molecule has 18 rings (SSSR count). The van der Waals surface area contributed by atoms with Gasteiger partial charge in [0.25, 0.3) is 20.1 Å². The highest BCUT2D eigenvalue weighted by atomic mass is 32.1. The first-order chi connectivity index (χ1) is 46.0. The maximum absolute atomic E-state index is 7.55. The van der Waals surface area contributed by atoms with Crippen LogP contribution in [0.25, 0.3) is 20.2 Å². The molecule has 2 aromatic heterocycles. The van der Waals surface area contributed by atoms with Crippen LogP contribution in [0.4, 0.5) is 51.2 Å². The maximum atomic E-state index is 7.55. The fraction of sp³-hybridized carbons (Fsp3) is 0.256. The molecule has 6 aliphatic heterocycles. The van der Waals surface area contributed by atoms with Crippen molar-refractivity contribution in [1.82, 2.24) is 0 Å². The minimum absolute atomic E-state index is 0.00554. The average Bonchev–Trinajstić information content (AvgIpc) is 1.68. The molecule has 0 N–H and O–H groups in total. The predicted octanol–water partition coefficient (Wildman–Crippen LogP) is 18.4. The summed E-state index contributed by atoms with van der Waals surface area (Å²) >= 11 is 3.85. The van der Waals surface area contributed by atoms with Gasteiger partial charge in [-0.25, -0.2) is 0 Å². The minimum atomic E-state index is -0.254. The summed E-state index contributed by atoms with van der Waals surface area (Å²) in [5.41, 5.74) is 31.1. The molecular formula is C86H80B3N3O3S2. The first-order valence-electron chi connectivity index (χ1n) is 34.7. The zero-order valence-electron chi connectivity index (χ0n) is 59.1. The Balaban J connectivity index is 0.920. The summed E-state index contributed by atoms with van der Waals surface area (Å²) < 4.78 is 27.6. The number of thiophene rings is 2. The van der Waals surface area contributed by atoms with Crippen molar-refractivity contribution in [2.45, 2.75) is 146 Å². The molecule has 0 aliphatic carbocycles. The van der Waals surface area contributed by atoms with Crippen LogP contribution in [0.3, 0.4) is 0 Å². The van der Waals surface area contributed by atoms with Crippen LogP contribution < -0.4 is 76.7 Å². The Morgan fingerprint density at radius 3 is 1.26 bits per heavy atom. The Hall–Kier alpha value is -8.89. The van der Waals surface area contributed by atoms with E-state index >= 15 is 0 Å². The second-order valence-electron chi connectivity index (χ2n) is 33.0. The fourth-order valence-electron chi connectivity index (χ4n) is 17.0. The highest BCUT2D eigenvalue weighted by Gasteiger charge is 2.51. The van der Waals surface area contributed by atoms with Crippen LogP contribution in [0.5, 0.6) is 34.5 Å². The van der Waals surface area contributed by atoms with E-state index in [1.807, 2.05) is 22.7 Å². The SMILES string of the molecule is Cc1cc(C)c(N2c3cc4c(cc3B3c5sc6ccc(C(C)(C)C)cc6c5Oc5cc(C)cc2c53)B2c3cc5c(cc3Oc3cc(C)cc(c32)O4)N(c2ccc(C(C)(C)C)cc2)c2cc(C)cc3c2B5c2sc4ccc(C(C)(C)C)cc4c2N3c2ccc(C(C)(C)C)cc2)c(C)c1. The van der Waals surface area contributed by atoms with Crippen molar-refractivity contribution >= 4 is 162 Å². The van der Waals surface area contributed by atoms with Crippen molar-refractivity contribution < 1.29 is 14.2 Å². The third-order valence-corrected chi connectivity index (χ3v) is 24.2. The lowest BCUT2D eigenvalue weighted by atomic mass is 9.31. The van der Waals surface area contributed by atoms with Gasteiger partial charge in [0.1, 0.15) is 34.5 Å². The molecular weight excluding hydrogens is 1220 g/mol. The molecule has 12 aromatic rings. The Morgan fingerprint density at radius 1 is 0.309 bits per heavy atom. The number of hydrogen-bond acceptors (Lipinski definition) is 8. The van der Waals surface area contributed by atoms with E-state index in [2.05, 4.69) is 297 Å². The van der Waals surface area contributed by atoms with Crippen LogP contribution in [-0.2, 0) is 21.7 Å². The van der Waals surface area contributed by atoms with E-state index in [4.69, 9.17) is 14.2 Å². The van der Waals surface area contributed by atoms with Crippen molar-refractivity contribution in [2.75, 3.05) is 14.7 Å². The largest absolute Gasteiger partial charge is 0.458 e. The van der Waals surface area contributed by atoms with Gasteiger partial charge in [-0.05, 0) is 231 Å². The number of fused-ring (bicyclic) bond motifs is 16. The van der Waals surface area contributed by atoms with Crippen LogP contribution >= 0.6 is 22.7 Å². The number of rotatable bonds is 3. The van der Waals surface area contributed by atoms with Crippen LogP contribution in [0.15, 0.2) is 158 Å². The number of anilines is 9. The van der Waals surface area contributed by atoms with Crippen LogP contribution in [-0.4, -0.2) is 20.1 Å². The van der Waals surface area contributed by atoms with Gasteiger partial charge in [0.15, 0.2) is 0 Å². The number of nitrogens with zero attached hydrogens (tertiary/aromatic N) is 3. The maximum Gasteiger partial charge on any atom is 0.268 e. The van der Waals surface area contributed by atoms with Crippen LogP contribution in [0.2, 0.25) is 0 Å². The zero-order valence-corrected chi connectivity index (χ0v) is 60.8. The van der Waals surface area contributed by atoms with E-state index in [0.717, 1.165) is 90.4 Å². The van der Waals surface area contributed by atoms with Crippen molar-refractivity contribution in [3.05, 3.63) is 213 Å². The van der Waals surface area contributed by atoms with E-state index < -0.39 is 0 Å². The average molecular weight is 1300 g/mol. The summed E-state index contributed by atoms with van der Waals surface area (Å²) in [7, 11) is 0. The van der Waals surface area contributed by atoms with Crippen molar-refractivity contribution in [3.63, 3.8) is 0 Å². The lowest BCUT2D eigenvalue weighted by Gasteiger charge is -2.44. The molecule has 6 nitrogen and oxygen atoms in total. The van der Waals surface area contributed by atoms with Gasteiger partial charge >= 0.3 is 0 Å². The lowest BCUT2D eigenvalue weighted by molar-refractivity contribution is 0.464. The van der Waals surface area contributed by atoms with E-state index in [1.165, 1.54) is 119 Å². The summed E-state index contributed by atoms with van der Waals surface area (Å²) in [4.78, 5) is 7.74. The van der Waals surface area contributed by atoms with Crippen molar-refractivity contribution in [1.29, 1.82) is 0 Å². The van der Waals surface area contributed by atoms with E-state index in [1.54, 1.807) is 0 Å². The molecule has 0 bridgehead atoms. The van der Waals surface area contributed by atoms with E-state index in [0.29, 0.717) is 0 Å². The second-order valence-corrected chi connectivity index (χ2v) is 35.1. The third kappa shape index (κ3) is 8.98. The van der Waals surface area contributed by atoms with Gasteiger partial charge in [0.2, 0.25) is 0 Å². The van der Waals surface area contributed by atoms with E-state index in [9.17, 15) is 0 Å². The molecule has 0 spiro atoms. The molecule has 0 atom stereocenters. The lowest BCUT2D eigenvalue weighted by Crippen LogP contribution is -2.64. The van der Waals surface area contributed by atoms with Crippen molar-refractivity contribution in [2.24, 2.45) is 0 Å². The minimum Gasteiger partial charge on any atom is -0.458 e. The summed E-state index contributed by atoms with van der Waals surface area (Å²) in [6, 6.07) is 61.8. The fourth-order valence-corrected chi connectivity index (χ4v) is 19.6. The molecule has 0 unspecified atom stereocenters. The molecule has 0 amide bonds. The van der Waals surface area contributed by atoms with Gasteiger partial charge in [-0.2, -0.15) is 0 Å². The van der Waals surface area contributed by atoms with Gasteiger partial charge in [0.05, 0.1) is 11.4 Å². The summed E-state index contributed by atoms with van der Waals surface area (Å²) in [5.74, 6) is 5.28. The number of benzene rings is 10. The molecule has 0 fully saturated rings. The quantitative estimate of drug-likeness (QED) is 0.164. The first kappa shape index (κ1) is 60.5. The number of aryl methyl sites for hydroxylation is 6. The Morgan fingerprint density at radius 2 is 0.722 bits per heavy atom. The number of hydrogen-bond donors (Lipinski definition) is 0. The molecule has 10 aromatic carbocycles. The standard InChI is InChI=1S/C86H80B3N3O3S2/c1-45-31-49(5)78(50(6)32-45)92-64-44-69-62(42-60(64)89-76-67(92)35-47(3)36-70(76)95-80-58-40-54(86(16,17)18)24-30-74(58)97-82(80)89)87-61-41-59-63(43-68(61)93-71-37-48(4)38-72(94-69)77(71)87)90(55-25-19-51(20-26-55)83(7,8)9)65-33-46(2)34-66-75(65)88(59)81-79(57-39-53(85(13,14)15)23-29-73(57)96-81)91(66)56-27-21-52(22-28-56)84(10,11)12/h19-44H,1-18H3.